The molecule has 2 N–H and O–H groups in total. The van der Waals surface area contributed by atoms with Crippen LogP contribution in [-0.2, 0) is 38.8 Å². The monoisotopic (exact) mass is 442 g/mol. The van der Waals surface area contributed by atoms with Crippen molar-refractivity contribution in [1.29, 1.82) is 0 Å². The van der Waals surface area contributed by atoms with E-state index in [-0.39, 0.29) is 13.2 Å². The minimum Gasteiger partial charge on any atom is -0.395 e. The maximum absolute atomic E-state index is 9.24. The number of hydrogen-bond donors (Lipinski definition) is 2. The van der Waals surface area contributed by atoms with E-state index in [1.807, 2.05) is 0 Å². The van der Waals surface area contributed by atoms with E-state index in [9.17, 15) is 10.2 Å². The lowest BCUT2D eigenvalue weighted by Crippen LogP contribution is -2.47. The fourth-order valence-corrected chi connectivity index (χ4v) is 6.64. The van der Waals surface area contributed by atoms with Gasteiger partial charge in [0.05, 0.1) is 13.2 Å². The zero-order valence-electron chi connectivity index (χ0n) is 19.8. The molecule has 4 aliphatic rings. The van der Waals surface area contributed by atoms with Crippen molar-refractivity contribution in [3.63, 3.8) is 0 Å². The van der Waals surface area contributed by atoms with Gasteiger partial charge in [-0.05, 0) is 71.9 Å². The van der Waals surface area contributed by atoms with Gasteiger partial charge in [-0.2, -0.15) is 0 Å². The zero-order chi connectivity index (χ0) is 21.9. The number of aliphatic hydroxyl groups excluding tert-OH is 2. The smallest absolute Gasteiger partial charge is 0.0558 e. The van der Waals surface area contributed by atoms with Crippen molar-refractivity contribution in [1.82, 2.24) is 19.6 Å². The molecule has 6 heteroatoms. The van der Waals surface area contributed by atoms with Gasteiger partial charge >= 0.3 is 0 Å². The van der Waals surface area contributed by atoms with Crippen LogP contribution < -0.4 is 0 Å². The molecular formula is C26H42N4O2. The van der Waals surface area contributed by atoms with Gasteiger partial charge in [-0.1, -0.05) is 0 Å². The number of β-amino-alcohol motifs (C(OH)–C–C–N with tert-alkyl or cyclic N) is 2. The van der Waals surface area contributed by atoms with E-state index in [0.717, 1.165) is 78.5 Å². The first kappa shape index (κ1) is 22.8. The Morgan fingerprint density at radius 2 is 0.781 bits per heavy atom. The molecule has 0 bridgehead atoms. The van der Waals surface area contributed by atoms with E-state index in [0.29, 0.717) is 0 Å². The number of hydrogen-bond acceptors (Lipinski definition) is 6. The molecule has 0 aromatic heterocycles. The Balaban J connectivity index is 1.33. The summed E-state index contributed by atoms with van der Waals surface area (Å²) in [6, 6.07) is 0. The summed E-state index contributed by atoms with van der Waals surface area (Å²) in [5, 5.41) is 18.5. The molecule has 1 aromatic carbocycles. The number of fused-ring (bicyclic) bond motifs is 2. The van der Waals surface area contributed by atoms with Crippen LogP contribution in [0.15, 0.2) is 0 Å². The van der Waals surface area contributed by atoms with Crippen LogP contribution in [0.1, 0.15) is 46.2 Å². The average Bonchev–Trinajstić information content (AvgIpc) is 3.49. The maximum atomic E-state index is 9.24. The third-order valence-electron chi connectivity index (χ3n) is 8.42. The van der Waals surface area contributed by atoms with Crippen LogP contribution in [0.3, 0.4) is 0 Å². The molecule has 178 valence electrons. The molecule has 5 rings (SSSR count). The van der Waals surface area contributed by atoms with E-state index in [2.05, 4.69) is 19.6 Å². The molecule has 0 saturated carbocycles. The van der Waals surface area contributed by atoms with Crippen LogP contribution in [0.25, 0.3) is 0 Å². The molecule has 2 fully saturated rings. The van der Waals surface area contributed by atoms with Gasteiger partial charge in [-0.15, -0.1) is 0 Å². The largest absolute Gasteiger partial charge is 0.395 e. The van der Waals surface area contributed by atoms with Crippen LogP contribution in [0.5, 0.6) is 0 Å². The van der Waals surface area contributed by atoms with Gasteiger partial charge in [0.15, 0.2) is 0 Å². The lowest BCUT2D eigenvalue weighted by molar-refractivity contribution is 0.107. The third kappa shape index (κ3) is 4.77. The highest BCUT2D eigenvalue weighted by Gasteiger charge is 2.31. The predicted molar refractivity (Wildman–Crippen MR) is 128 cm³/mol. The highest BCUT2D eigenvalue weighted by atomic mass is 16.3. The van der Waals surface area contributed by atoms with Gasteiger partial charge < -0.3 is 10.2 Å². The SMILES string of the molecule is OCCN1CCN(Cc2c3c(c(CN4CCN(CCO)CC4)c4c2CCC4)CCC3)CC1. The molecule has 0 amide bonds. The maximum Gasteiger partial charge on any atom is 0.0558 e. The summed E-state index contributed by atoms with van der Waals surface area (Å²) < 4.78 is 0. The van der Waals surface area contributed by atoms with Crippen molar-refractivity contribution in [3.8, 4) is 0 Å². The molecule has 2 aliphatic carbocycles. The molecule has 2 saturated heterocycles. The summed E-state index contributed by atoms with van der Waals surface area (Å²) in [4.78, 5) is 10.1. The summed E-state index contributed by atoms with van der Waals surface area (Å²) in [7, 11) is 0. The van der Waals surface area contributed by atoms with Gasteiger partial charge in [0, 0.05) is 78.5 Å². The van der Waals surface area contributed by atoms with Crippen molar-refractivity contribution >= 4 is 0 Å². The van der Waals surface area contributed by atoms with Crippen molar-refractivity contribution in [2.24, 2.45) is 0 Å². The molecule has 32 heavy (non-hydrogen) atoms. The summed E-state index contributed by atoms with van der Waals surface area (Å²) in [5.74, 6) is 0. The predicted octanol–water partition coefficient (Wildman–Crippen LogP) is 0.884. The second-order valence-electron chi connectivity index (χ2n) is 10.3. The summed E-state index contributed by atoms with van der Waals surface area (Å²) >= 11 is 0. The Morgan fingerprint density at radius 1 is 0.469 bits per heavy atom. The summed E-state index contributed by atoms with van der Waals surface area (Å²) in [6.45, 7) is 13.3. The van der Waals surface area contributed by atoms with Crippen LogP contribution in [-0.4, -0.2) is 108 Å². The van der Waals surface area contributed by atoms with Gasteiger partial charge in [-0.25, -0.2) is 0 Å². The number of benzene rings is 1. The lowest BCUT2D eigenvalue weighted by Gasteiger charge is -2.36. The topological polar surface area (TPSA) is 53.4 Å². The summed E-state index contributed by atoms with van der Waals surface area (Å²) in [5.41, 5.74) is 10.3. The molecule has 1 aromatic rings. The number of piperazine rings is 2. The van der Waals surface area contributed by atoms with Crippen molar-refractivity contribution in [2.45, 2.75) is 51.6 Å². The minimum absolute atomic E-state index is 0.277. The Hall–Kier alpha value is -1.02. The van der Waals surface area contributed by atoms with E-state index >= 15 is 0 Å². The Morgan fingerprint density at radius 3 is 1.09 bits per heavy atom. The molecule has 2 aliphatic heterocycles. The zero-order valence-corrected chi connectivity index (χ0v) is 19.8. The Labute approximate surface area is 193 Å². The number of nitrogens with zero attached hydrogens (tertiary/aromatic N) is 4. The second-order valence-corrected chi connectivity index (χ2v) is 10.3. The molecule has 0 unspecified atom stereocenters. The molecule has 6 nitrogen and oxygen atoms in total. The van der Waals surface area contributed by atoms with E-state index in [1.165, 1.54) is 38.5 Å². The van der Waals surface area contributed by atoms with Crippen LogP contribution in [0.2, 0.25) is 0 Å². The molecular weight excluding hydrogens is 400 g/mol. The second kappa shape index (κ2) is 10.5. The molecule has 0 atom stereocenters. The van der Waals surface area contributed by atoms with Gasteiger partial charge in [0.25, 0.3) is 0 Å². The van der Waals surface area contributed by atoms with Gasteiger partial charge in [0.2, 0.25) is 0 Å². The lowest BCUT2D eigenvalue weighted by atomic mass is 9.88. The van der Waals surface area contributed by atoms with Crippen molar-refractivity contribution in [2.75, 3.05) is 78.7 Å². The first-order valence-corrected chi connectivity index (χ1v) is 13.0. The van der Waals surface area contributed by atoms with Crippen LogP contribution in [0, 0.1) is 0 Å². The van der Waals surface area contributed by atoms with Gasteiger partial charge in [0.1, 0.15) is 0 Å². The molecule has 2 heterocycles. The third-order valence-corrected chi connectivity index (χ3v) is 8.42. The number of rotatable bonds is 8. The highest BCUT2D eigenvalue weighted by Crippen LogP contribution is 2.40. The van der Waals surface area contributed by atoms with E-state index in [4.69, 9.17) is 0 Å². The number of aliphatic hydroxyl groups is 2. The Bertz CT molecular complexity index is 685. The van der Waals surface area contributed by atoms with E-state index in [1.54, 1.807) is 33.4 Å². The minimum atomic E-state index is 0.277. The van der Waals surface area contributed by atoms with E-state index < -0.39 is 0 Å². The normalized spacial score (nSPS) is 23.1. The fraction of sp³-hybridized carbons (Fsp3) is 0.769. The fourth-order valence-electron chi connectivity index (χ4n) is 6.64. The summed E-state index contributed by atoms with van der Waals surface area (Å²) in [6.07, 6.45) is 7.76. The van der Waals surface area contributed by atoms with Crippen molar-refractivity contribution in [3.05, 3.63) is 33.4 Å². The molecule has 0 spiro atoms. The van der Waals surface area contributed by atoms with Crippen LogP contribution >= 0.6 is 0 Å². The highest BCUT2D eigenvalue weighted by molar-refractivity contribution is 5.55. The Kier molecular flexibility index (Phi) is 7.46. The first-order chi connectivity index (χ1) is 15.8. The quantitative estimate of drug-likeness (QED) is 0.624. The van der Waals surface area contributed by atoms with Crippen LogP contribution in [0.4, 0.5) is 0 Å². The standard InChI is InChI=1S/C26H42N4O2/c31-17-15-27-7-11-29(12-8-27)19-25-21-3-1-4-22(21)26(24-6-2-5-23(24)25)20-30-13-9-28(10-14-30)16-18-32/h31-32H,1-20H2. The van der Waals surface area contributed by atoms with Crippen molar-refractivity contribution < 1.29 is 10.2 Å². The van der Waals surface area contributed by atoms with Gasteiger partial charge in [-0.3, -0.25) is 19.6 Å². The molecule has 0 radical (unpaired) electrons. The average molecular weight is 443 g/mol. The first-order valence-electron chi connectivity index (χ1n) is 13.0.